The largest absolute Gasteiger partial charge is 0.296 e. The second-order valence-corrected chi connectivity index (χ2v) is 2.67. The van der Waals surface area contributed by atoms with E-state index in [-0.39, 0.29) is 0 Å². The lowest BCUT2D eigenvalue weighted by molar-refractivity contribution is -0.147. The molecule has 0 radical (unpaired) electrons. The van der Waals surface area contributed by atoms with E-state index in [4.69, 9.17) is 0 Å². The van der Waals surface area contributed by atoms with Crippen molar-refractivity contribution in [2.75, 3.05) is 13.1 Å². The number of hydrogen-bond acceptors (Lipinski definition) is 4. The monoisotopic (exact) mass is 205 g/mol. The summed E-state index contributed by atoms with van der Waals surface area (Å²) in [7, 11) is 0. The van der Waals surface area contributed by atoms with Gasteiger partial charge in [0.1, 0.15) is 0 Å². The number of rotatable bonds is 6. The first-order chi connectivity index (χ1) is 6.54. The summed E-state index contributed by atoms with van der Waals surface area (Å²) in [6.07, 6.45) is -2.10. The maximum atomic E-state index is 13.0. The SMILES string of the molecule is CCNN(NCC)C(=O)C(F)C(C)=O. The zero-order valence-electron chi connectivity index (χ0n) is 8.63. The maximum Gasteiger partial charge on any atom is 0.293 e. The van der Waals surface area contributed by atoms with Crippen LogP contribution in [0.3, 0.4) is 0 Å². The van der Waals surface area contributed by atoms with E-state index in [1.807, 2.05) is 0 Å². The molecule has 0 bridgehead atoms. The van der Waals surface area contributed by atoms with Crippen molar-refractivity contribution in [1.82, 2.24) is 16.0 Å². The molecule has 0 aromatic rings. The smallest absolute Gasteiger partial charge is 0.293 e. The quantitative estimate of drug-likeness (QED) is 0.465. The average Bonchev–Trinajstić information content (AvgIpc) is 2.15. The summed E-state index contributed by atoms with van der Waals surface area (Å²) in [5.41, 5.74) is 5.20. The van der Waals surface area contributed by atoms with Gasteiger partial charge in [-0.05, 0) is 6.92 Å². The summed E-state index contributed by atoms with van der Waals surface area (Å²) in [4.78, 5) is 21.9. The Balaban J connectivity index is 4.33. The van der Waals surface area contributed by atoms with Gasteiger partial charge in [0.2, 0.25) is 6.17 Å². The van der Waals surface area contributed by atoms with Gasteiger partial charge in [0, 0.05) is 13.1 Å². The minimum Gasteiger partial charge on any atom is -0.296 e. The van der Waals surface area contributed by atoms with Crippen LogP contribution in [0, 0.1) is 0 Å². The van der Waals surface area contributed by atoms with E-state index in [0.717, 1.165) is 12.0 Å². The Morgan fingerprint density at radius 3 is 2.00 bits per heavy atom. The number of hydrogen-bond donors (Lipinski definition) is 2. The Morgan fingerprint density at radius 2 is 1.71 bits per heavy atom. The van der Waals surface area contributed by atoms with Gasteiger partial charge >= 0.3 is 0 Å². The third-order valence-corrected chi connectivity index (χ3v) is 1.43. The van der Waals surface area contributed by atoms with E-state index >= 15 is 0 Å². The molecule has 0 aliphatic carbocycles. The number of nitrogens with zero attached hydrogens (tertiary/aromatic N) is 1. The highest BCUT2D eigenvalue weighted by Gasteiger charge is 2.27. The van der Waals surface area contributed by atoms with Crippen LogP contribution in [-0.4, -0.2) is 36.1 Å². The third-order valence-electron chi connectivity index (χ3n) is 1.43. The van der Waals surface area contributed by atoms with Crippen LogP contribution in [0.15, 0.2) is 0 Å². The molecule has 0 aromatic carbocycles. The highest BCUT2D eigenvalue weighted by molar-refractivity contribution is 6.02. The fourth-order valence-corrected chi connectivity index (χ4v) is 0.815. The standard InChI is InChI=1S/C8H16FN3O2/c1-4-10-12(11-5-2)8(14)7(9)6(3)13/h7,10-11H,4-5H2,1-3H3. The van der Waals surface area contributed by atoms with E-state index in [0.29, 0.717) is 13.1 Å². The molecule has 0 aliphatic heterocycles. The topological polar surface area (TPSA) is 61.4 Å². The molecule has 0 spiro atoms. The zero-order chi connectivity index (χ0) is 11.1. The van der Waals surface area contributed by atoms with E-state index in [9.17, 15) is 14.0 Å². The Hall–Kier alpha value is -1.01. The molecule has 0 saturated heterocycles. The molecule has 0 saturated carbocycles. The average molecular weight is 205 g/mol. The summed E-state index contributed by atoms with van der Waals surface area (Å²) in [5.74, 6) is -1.71. The lowest BCUT2D eigenvalue weighted by Gasteiger charge is -2.23. The van der Waals surface area contributed by atoms with Gasteiger partial charge in [-0.2, -0.15) is 0 Å². The summed E-state index contributed by atoms with van der Waals surface area (Å²) >= 11 is 0. The molecule has 0 aromatic heterocycles. The van der Waals surface area contributed by atoms with Gasteiger partial charge in [0.15, 0.2) is 5.78 Å². The first-order valence-electron chi connectivity index (χ1n) is 4.50. The van der Waals surface area contributed by atoms with Crippen molar-refractivity contribution < 1.29 is 14.0 Å². The van der Waals surface area contributed by atoms with Crippen LogP contribution >= 0.6 is 0 Å². The van der Waals surface area contributed by atoms with Gasteiger partial charge in [-0.3, -0.25) is 9.59 Å². The molecule has 14 heavy (non-hydrogen) atoms. The Morgan fingerprint density at radius 1 is 1.29 bits per heavy atom. The Bertz CT molecular complexity index is 205. The number of carbonyl (C=O) groups excluding carboxylic acids is 2. The molecule has 2 N–H and O–H groups in total. The van der Waals surface area contributed by atoms with Crippen LogP contribution < -0.4 is 10.9 Å². The summed E-state index contributed by atoms with van der Waals surface area (Å²) < 4.78 is 13.0. The number of ketones is 1. The molecule has 0 rings (SSSR count). The molecule has 1 amide bonds. The van der Waals surface area contributed by atoms with E-state index in [2.05, 4.69) is 10.9 Å². The molecule has 0 fully saturated rings. The van der Waals surface area contributed by atoms with E-state index in [1.54, 1.807) is 13.8 Å². The summed E-state index contributed by atoms with van der Waals surface area (Å²) in [6, 6.07) is 0. The predicted octanol–water partition coefficient (Wildman–Crippen LogP) is -0.209. The van der Waals surface area contributed by atoms with Crippen molar-refractivity contribution in [3.8, 4) is 0 Å². The van der Waals surface area contributed by atoms with Crippen LogP contribution in [0.1, 0.15) is 20.8 Å². The maximum absolute atomic E-state index is 13.0. The van der Waals surface area contributed by atoms with Gasteiger partial charge in [0.25, 0.3) is 5.91 Å². The van der Waals surface area contributed by atoms with Crippen LogP contribution in [0.5, 0.6) is 0 Å². The second kappa shape index (κ2) is 6.44. The number of amides is 1. The van der Waals surface area contributed by atoms with Crippen LogP contribution in [0.25, 0.3) is 0 Å². The number of alkyl halides is 1. The minimum absolute atomic E-state index is 0.462. The Kier molecular flexibility index (Phi) is 5.98. The molecule has 1 atom stereocenters. The van der Waals surface area contributed by atoms with E-state index < -0.39 is 17.9 Å². The number of Topliss-reactive ketones (excluding diaryl/α,β-unsaturated/α-hetero) is 1. The zero-order valence-corrected chi connectivity index (χ0v) is 8.63. The molecule has 1 unspecified atom stereocenters. The van der Waals surface area contributed by atoms with Crippen molar-refractivity contribution >= 4 is 11.7 Å². The molecule has 6 heteroatoms. The van der Waals surface area contributed by atoms with Gasteiger partial charge in [0.05, 0.1) is 0 Å². The van der Waals surface area contributed by atoms with Crippen LogP contribution in [0.2, 0.25) is 0 Å². The van der Waals surface area contributed by atoms with Gasteiger partial charge in [-0.15, -0.1) is 0 Å². The van der Waals surface area contributed by atoms with E-state index in [1.165, 1.54) is 0 Å². The normalized spacial score (nSPS) is 12.3. The first-order valence-corrected chi connectivity index (χ1v) is 4.50. The molecule has 0 heterocycles. The Labute approximate surface area is 82.6 Å². The van der Waals surface area contributed by atoms with Gasteiger partial charge in [-0.25, -0.2) is 20.4 Å². The predicted molar refractivity (Wildman–Crippen MR) is 49.8 cm³/mol. The van der Waals surface area contributed by atoms with Crippen molar-refractivity contribution in [2.45, 2.75) is 26.9 Å². The van der Waals surface area contributed by atoms with Crippen molar-refractivity contribution in [2.24, 2.45) is 0 Å². The van der Waals surface area contributed by atoms with Gasteiger partial charge < -0.3 is 0 Å². The summed E-state index contributed by atoms with van der Waals surface area (Å²) in [5, 5.41) is 0.909. The number of hydrazine groups is 2. The fourth-order valence-electron chi connectivity index (χ4n) is 0.815. The minimum atomic E-state index is -2.10. The van der Waals surface area contributed by atoms with Crippen LogP contribution in [-0.2, 0) is 9.59 Å². The first kappa shape index (κ1) is 13.0. The third kappa shape index (κ3) is 3.80. The van der Waals surface area contributed by atoms with Crippen molar-refractivity contribution in [1.29, 1.82) is 0 Å². The highest BCUT2D eigenvalue weighted by atomic mass is 19.1. The fraction of sp³-hybridized carbons (Fsp3) is 0.750. The number of nitrogens with one attached hydrogen (secondary N) is 2. The number of halogens is 1. The lowest BCUT2D eigenvalue weighted by atomic mass is 10.3. The van der Waals surface area contributed by atoms with Crippen LogP contribution in [0.4, 0.5) is 4.39 Å². The highest BCUT2D eigenvalue weighted by Crippen LogP contribution is 1.96. The lowest BCUT2D eigenvalue weighted by Crippen LogP contribution is -2.55. The number of carbonyl (C=O) groups is 2. The molecule has 82 valence electrons. The molecular formula is C8H16FN3O2. The van der Waals surface area contributed by atoms with Gasteiger partial charge in [-0.1, -0.05) is 13.8 Å². The second-order valence-electron chi connectivity index (χ2n) is 2.67. The van der Waals surface area contributed by atoms with Crippen molar-refractivity contribution in [3.05, 3.63) is 0 Å². The molecular weight excluding hydrogens is 189 g/mol. The molecule has 5 nitrogen and oxygen atoms in total. The summed E-state index contributed by atoms with van der Waals surface area (Å²) in [6.45, 7) is 5.49. The molecule has 0 aliphatic rings. The van der Waals surface area contributed by atoms with Crippen molar-refractivity contribution in [3.63, 3.8) is 0 Å².